The Morgan fingerprint density at radius 2 is 0.800 bits per heavy atom. The first-order valence-electron chi connectivity index (χ1n) is 17.8. The summed E-state index contributed by atoms with van der Waals surface area (Å²) in [7, 11) is -3.56. The van der Waals surface area contributed by atoms with Crippen molar-refractivity contribution in [3.8, 4) is 0 Å². The minimum Gasteiger partial charge on any atom is -0.166 e. The van der Waals surface area contributed by atoms with Gasteiger partial charge in [-0.1, -0.05) is 53.4 Å². The zero-order valence-electron chi connectivity index (χ0n) is 29.7. The molecule has 10 radical (unpaired) electrons. The van der Waals surface area contributed by atoms with Crippen molar-refractivity contribution in [2.75, 3.05) is 0 Å². The van der Waals surface area contributed by atoms with Crippen LogP contribution in [0, 0.1) is 62.9 Å². The Labute approximate surface area is 329 Å². The standard InChI is InChI=1S/C35H35F12P2.C5H5.Fe/c1-21(30-13-8-14-31(30)49(26-9-4-2-5-10-26)27-11-6-3-7-12-27)48(28-17-22(32(36,37)38)15-23(18-28)33(39,40)41)29-19-24(34(42,43)44)16-25(20-29)35(45,46)47;1-2-4-5-3-1;/h8,13-21,26-27H,2-7,9-12H2,1H3;1-5H;/q;;+2/t21-;;/m1../s1. The molecule has 0 aromatic heterocycles. The average Bonchev–Trinajstić information content (AvgIpc) is 3.84. The molecule has 0 heterocycles. The zero-order valence-corrected chi connectivity index (χ0v) is 32.6. The van der Waals surface area contributed by atoms with E-state index in [1.54, 1.807) is 12.8 Å². The van der Waals surface area contributed by atoms with Crippen molar-refractivity contribution >= 4 is 26.5 Å². The normalized spacial score (nSPS) is 20.8. The summed E-state index contributed by atoms with van der Waals surface area (Å²) in [6.07, 6.45) is 4.30. The maximum absolute atomic E-state index is 14.0. The summed E-state index contributed by atoms with van der Waals surface area (Å²) in [5, 5.41) is -1.21. The molecule has 15 heteroatoms. The Morgan fingerprint density at radius 3 is 1.11 bits per heavy atom. The second kappa shape index (κ2) is 19.4. The monoisotopic (exact) mass is 866 g/mol. The molecule has 4 aliphatic carbocycles. The van der Waals surface area contributed by atoms with Gasteiger partial charge in [-0.15, -0.1) is 0 Å². The van der Waals surface area contributed by atoms with Crippen molar-refractivity contribution in [3.63, 3.8) is 0 Å². The van der Waals surface area contributed by atoms with E-state index in [2.05, 4.69) is 0 Å². The van der Waals surface area contributed by atoms with Gasteiger partial charge in [0.25, 0.3) is 0 Å². The van der Waals surface area contributed by atoms with Crippen LogP contribution >= 0.6 is 15.8 Å². The van der Waals surface area contributed by atoms with Gasteiger partial charge in [-0.25, -0.2) is 0 Å². The second-order valence-corrected chi connectivity index (χ2v) is 19.2. The molecule has 0 N–H and O–H groups in total. The smallest absolute Gasteiger partial charge is 0.166 e. The molecule has 0 aliphatic heterocycles. The van der Waals surface area contributed by atoms with Crippen LogP contribution in [0.25, 0.3) is 0 Å². The third-order valence-electron chi connectivity index (χ3n) is 10.1. The molecular weight excluding hydrogens is 826 g/mol. The summed E-state index contributed by atoms with van der Waals surface area (Å²) in [6.45, 7) is 1.50. The molecule has 4 fully saturated rings. The number of benzene rings is 2. The largest absolute Gasteiger partial charge is 2.00 e. The molecule has 55 heavy (non-hydrogen) atoms. The van der Waals surface area contributed by atoms with Crippen molar-refractivity contribution in [1.29, 1.82) is 0 Å². The van der Waals surface area contributed by atoms with Gasteiger partial charge >= 0.3 is 41.8 Å². The molecule has 0 saturated heterocycles. The van der Waals surface area contributed by atoms with Crippen LogP contribution < -0.4 is 10.6 Å². The van der Waals surface area contributed by atoms with Crippen molar-refractivity contribution < 1.29 is 69.8 Å². The molecule has 0 amide bonds. The summed E-state index contributed by atoms with van der Waals surface area (Å²) in [6, 6.07) is 1.59. The van der Waals surface area contributed by atoms with Gasteiger partial charge in [-0.05, 0) is 155 Å². The van der Waals surface area contributed by atoms with E-state index in [1.165, 1.54) is 6.92 Å². The van der Waals surface area contributed by atoms with Crippen LogP contribution in [0.2, 0.25) is 0 Å². The van der Waals surface area contributed by atoms with E-state index in [-0.39, 0.29) is 29.2 Å². The second-order valence-electron chi connectivity index (χ2n) is 13.9. The summed E-state index contributed by atoms with van der Waals surface area (Å²) in [5.41, 5.74) is -6.22. The molecule has 0 nitrogen and oxygen atoms in total. The van der Waals surface area contributed by atoms with E-state index in [9.17, 15) is 52.7 Å². The van der Waals surface area contributed by atoms with Gasteiger partial charge < -0.3 is 0 Å². The molecule has 0 unspecified atom stereocenters. The van der Waals surface area contributed by atoms with Crippen LogP contribution in [-0.2, 0) is 41.8 Å². The Morgan fingerprint density at radius 1 is 0.473 bits per heavy atom. The minimum absolute atomic E-state index is 0. The maximum atomic E-state index is 14.0. The Kier molecular flexibility index (Phi) is 16.4. The van der Waals surface area contributed by atoms with Crippen LogP contribution in [0.3, 0.4) is 0 Å². The first-order valence-corrected chi connectivity index (χ1v) is 20.7. The van der Waals surface area contributed by atoms with E-state index >= 15 is 0 Å². The predicted octanol–water partition coefficient (Wildman–Crippen LogP) is 13.5. The summed E-state index contributed by atoms with van der Waals surface area (Å²) < 4.78 is 169. The molecule has 4 aliphatic rings. The quantitative estimate of drug-likeness (QED) is 0.148. The molecule has 300 valence electrons. The minimum atomic E-state index is -5.27. The fourth-order valence-corrected chi connectivity index (χ4v) is 14.6. The molecule has 4 saturated carbocycles. The van der Waals surface area contributed by atoms with Gasteiger partial charge in [0.1, 0.15) is 0 Å². The van der Waals surface area contributed by atoms with Crippen LogP contribution in [0.15, 0.2) is 36.4 Å². The molecular formula is C40H40F12FeP2+2. The van der Waals surface area contributed by atoms with Crippen LogP contribution in [0.4, 0.5) is 52.7 Å². The van der Waals surface area contributed by atoms with Gasteiger partial charge in [0.05, 0.1) is 22.3 Å². The summed E-state index contributed by atoms with van der Waals surface area (Å²) in [4.78, 5) is 0. The molecule has 2 aromatic rings. The number of alkyl halides is 12. The first-order chi connectivity index (χ1) is 25.2. The molecule has 2 aromatic carbocycles. The summed E-state index contributed by atoms with van der Waals surface area (Å²) in [5.74, 6) is 0.560. The molecule has 1 atom stereocenters. The van der Waals surface area contributed by atoms with Crippen LogP contribution in [0.5, 0.6) is 0 Å². The maximum Gasteiger partial charge on any atom is 2.00 e. The van der Waals surface area contributed by atoms with Crippen LogP contribution in [0.1, 0.15) is 93.4 Å². The van der Waals surface area contributed by atoms with E-state index in [1.807, 2.05) is 38.5 Å². The van der Waals surface area contributed by atoms with Gasteiger partial charge in [0, 0.05) is 5.66 Å². The summed E-state index contributed by atoms with van der Waals surface area (Å²) >= 11 is 0. The van der Waals surface area contributed by atoms with Gasteiger partial charge in [0.15, 0.2) is 0 Å². The van der Waals surface area contributed by atoms with Crippen molar-refractivity contribution in [2.24, 2.45) is 0 Å². The van der Waals surface area contributed by atoms with E-state index in [0.29, 0.717) is 41.5 Å². The van der Waals surface area contributed by atoms with Gasteiger partial charge in [0.2, 0.25) is 0 Å². The fourth-order valence-electron chi connectivity index (χ4n) is 7.63. The number of hydrogen-bond acceptors (Lipinski definition) is 0. The number of rotatable bonds is 7. The first kappa shape index (κ1) is 46.7. The fraction of sp³-hybridized carbons (Fsp3) is 0.450. The zero-order chi connectivity index (χ0) is 39.5. The van der Waals surface area contributed by atoms with Gasteiger partial charge in [-0.3, -0.25) is 0 Å². The van der Waals surface area contributed by atoms with E-state index in [4.69, 9.17) is 0 Å². The molecule has 6 rings (SSSR count). The van der Waals surface area contributed by atoms with Gasteiger partial charge in [-0.2, -0.15) is 52.7 Å². The van der Waals surface area contributed by atoms with Crippen LogP contribution in [-0.4, -0.2) is 17.0 Å². The predicted molar refractivity (Wildman–Crippen MR) is 190 cm³/mol. The Bertz CT molecular complexity index is 1340. The molecule has 0 bridgehead atoms. The molecule has 0 spiro atoms. The number of hydrogen-bond donors (Lipinski definition) is 0. The van der Waals surface area contributed by atoms with E-state index in [0.717, 1.165) is 69.9 Å². The third kappa shape index (κ3) is 12.3. The van der Waals surface area contributed by atoms with Crippen molar-refractivity contribution in [3.05, 3.63) is 122 Å². The average molecular weight is 867 g/mol. The topological polar surface area (TPSA) is 0 Å². The Hall–Kier alpha value is -1.02. The van der Waals surface area contributed by atoms with Crippen molar-refractivity contribution in [2.45, 2.75) is 113 Å². The SMILES string of the molecule is C[C@H]([C]1[CH][CH][CH][C]1P(C1CCCCC1)C1CCCCC1)P(c1cc(C(F)(F)F)cc(C(F)(F)F)c1)c1cc(C(F)(F)F)cc(C(F)(F)F)c1.[CH]1[CH][CH][CH][CH]1.[Fe+2]. The number of halogens is 12. The third-order valence-corrected chi connectivity index (χ3v) is 16.4. The van der Waals surface area contributed by atoms with Crippen molar-refractivity contribution in [1.82, 2.24) is 0 Å². The Balaban J connectivity index is 0.00000104. The van der Waals surface area contributed by atoms with E-state index < -0.39 is 79.1 Å².